The molecule has 0 unspecified atom stereocenters. The van der Waals surface area contributed by atoms with E-state index in [2.05, 4.69) is 0 Å². The standard InChI is InChI=1S/C13H16N2O3S/c14-10-8-19-11(9-4-2-1-3-5-9)6-15(13(10)18)7-12(16)17/h1-5,10-11H,6-8,14H2,(H,16,17)/t10-,11-/m0/s1. The van der Waals surface area contributed by atoms with Crippen LogP contribution in [0.3, 0.4) is 0 Å². The van der Waals surface area contributed by atoms with Crippen LogP contribution in [0.15, 0.2) is 30.3 Å². The van der Waals surface area contributed by atoms with Crippen LogP contribution in [0, 0.1) is 0 Å². The van der Waals surface area contributed by atoms with Gasteiger partial charge in [-0.3, -0.25) is 9.59 Å². The van der Waals surface area contributed by atoms with Gasteiger partial charge in [0.25, 0.3) is 0 Å². The zero-order valence-electron chi connectivity index (χ0n) is 10.4. The van der Waals surface area contributed by atoms with Gasteiger partial charge in [0.15, 0.2) is 0 Å². The number of carboxylic acid groups (broad SMARTS) is 1. The zero-order valence-corrected chi connectivity index (χ0v) is 11.2. The van der Waals surface area contributed by atoms with E-state index in [4.69, 9.17) is 10.8 Å². The predicted octanol–water partition coefficient (Wildman–Crippen LogP) is 0.715. The second-order valence-electron chi connectivity index (χ2n) is 4.45. The number of carbonyl (C=O) groups is 2. The minimum absolute atomic E-state index is 0.0676. The highest BCUT2D eigenvalue weighted by Gasteiger charge is 2.30. The first kappa shape index (κ1) is 13.9. The monoisotopic (exact) mass is 280 g/mol. The summed E-state index contributed by atoms with van der Waals surface area (Å²) < 4.78 is 0. The lowest BCUT2D eigenvalue weighted by Crippen LogP contribution is -2.46. The SMILES string of the molecule is N[C@H]1CS[C@H](c2ccccc2)CN(CC(=O)O)C1=O. The third kappa shape index (κ3) is 3.48. The fourth-order valence-corrected chi connectivity index (χ4v) is 3.26. The first-order valence-corrected chi connectivity index (χ1v) is 7.05. The molecule has 3 N–H and O–H groups in total. The molecule has 6 heteroatoms. The van der Waals surface area contributed by atoms with Crippen LogP contribution in [0.2, 0.25) is 0 Å². The summed E-state index contributed by atoms with van der Waals surface area (Å²) in [4.78, 5) is 24.2. The van der Waals surface area contributed by atoms with Gasteiger partial charge in [-0.25, -0.2) is 0 Å². The molecule has 0 spiro atoms. The van der Waals surface area contributed by atoms with Crippen LogP contribution in [-0.4, -0.2) is 46.8 Å². The first-order chi connectivity index (χ1) is 9.08. The predicted molar refractivity (Wildman–Crippen MR) is 73.8 cm³/mol. The smallest absolute Gasteiger partial charge is 0.323 e. The summed E-state index contributed by atoms with van der Waals surface area (Å²) in [7, 11) is 0. The number of nitrogens with zero attached hydrogens (tertiary/aromatic N) is 1. The molecule has 1 aliphatic heterocycles. The van der Waals surface area contributed by atoms with E-state index >= 15 is 0 Å². The van der Waals surface area contributed by atoms with Crippen molar-refractivity contribution >= 4 is 23.6 Å². The molecule has 0 aromatic heterocycles. The fourth-order valence-electron chi connectivity index (χ4n) is 2.04. The highest BCUT2D eigenvalue weighted by atomic mass is 32.2. The van der Waals surface area contributed by atoms with E-state index < -0.39 is 12.0 Å². The van der Waals surface area contributed by atoms with E-state index in [9.17, 15) is 9.59 Å². The number of hydrogen-bond donors (Lipinski definition) is 2. The van der Waals surface area contributed by atoms with Crippen LogP contribution < -0.4 is 5.73 Å². The van der Waals surface area contributed by atoms with Crippen molar-refractivity contribution < 1.29 is 14.7 Å². The molecule has 1 fully saturated rings. The summed E-state index contributed by atoms with van der Waals surface area (Å²) in [5.41, 5.74) is 6.87. The molecule has 1 saturated heterocycles. The Morgan fingerprint density at radius 1 is 1.42 bits per heavy atom. The number of nitrogens with two attached hydrogens (primary N) is 1. The second kappa shape index (κ2) is 6.08. The minimum Gasteiger partial charge on any atom is -0.480 e. The summed E-state index contributed by atoms with van der Waals surface area (Å²) in [6.45, 7) is 0.0872. The Morgan fingerprint density at radius 2 is 2.11 bits per heavy atom. The summed E-state index contributed by atoms with van der Waals surface area (Å²) in [6, 6.07) is 9.14. The molecule has 102 valence electrons. The first-order valence-electron chi connectivity index (χ1n) is 6.00. The number of carbonyl (C=O) groups excluding carboxylic acids is 1. The highest BCUT2D eigenvalue weighted by Crippen LogP contribution is 2.32. The van der Waals surface area contributed by atoms with Crippen molar-refractivity contribution in [1.29, 1.82) is 0 Å². The van der Waals surface area contributed by atoms with E-state index in [1.165, 1.54) is 4.90 Å². The molecular formula is C13H16N2O3S. The number of rotatable bonds is 3. The van der Waals surface area contributed by atoms with Crippen molar-refractivity contribution in [3.63, 3.8) is 0 Å². The molecule has 2 atom stereocenters. The molecule has 0 aliphatic carbocycles. The molecule has 1 amide bonds. The number of carboxylic acids is 1. The molecular weight excluding hydrogens is 264 g/mol. The molecule has 0 bridgehead atoms. The number of aliphatic carboxylic acids is 1. The van der Waals surface area contributed by atoms with E-state index in [0.29, 0.717) is 12.3 Å². The summed E-state index contributed by atoms with van der Waals surface area (Å²) in [6.07, 6.45) is 0. The van der Waals surface area contributed by atoms with E-state index in [-0.39, 0.29) is 17.7 Å². The lowest BCUT2D eigenvalue weighted by molar-refractivity contribution is -0.144. The zero-order chi connectivity index (χ0) is 13.8. The van der Waals surface area contributed by atoms with Crippen molar-refractivity contribution in [1.82, 2.24) is 4.90 Å². The van der Waals surface area contributed by atoms with E-state index in [1.807, 2.05) is 30.3 Å². The number of amides is 1. The summed E-state index contributed by atoms with van der Waals surface area (Å²) >= 11 is 1.60. The molecule has 1 aromatic rings. The Hall–Kier alpha value is -1.53. The molecule has 2 rings (SSSR count). The van der Waals surface area contributed by atoms with Crippen molar-refractivity contribution in [3.05, 3.63) is 35.9 Å². The van der Waals surface area contributed by atoms with Crippen LogP contribution in [0.4, 0.5) is 0 Å². The number of hydrogen-bond acceptors (Lipinski definition) is 4. The van der Waals surface area contributed by atoms with Gasteiger partial charge in [-0.05, 0) is 5.56 Å². The van der Waals surface area contributed by atoms with Crippen LogP contribution >= 0.6 is 11.8 Å². The van der Waals surface area contributed by atoms with Gasteiger partial charge < -0.3 is 15.7 Å². The molecule has 0 saturated carbocycles. The van der Waals surface area contributed by atoms with Crippen LogP contribution in [0.5, 0.6) is 0 Å². The second-order valence-corrected chi connectivity index (χ2v) is 5.69. The van der Waals surface area contributed by atoms with E-state index in [0.717, 1.165) is 5.56 Å². The average molecular weight is 280 g/mol. The molecule has 0 radical (unpaired) electrons. The van der Waals surface area contributed by atoms with Gasteiger partial charge in [0, 0.05) is 17.5 Å². The quantitative estimate of drug-likeness (QED) is 0.852. The maximum Gasteiger partial charge on any atom is 0.323 e. The van der Waals surface area contributed by atoms with Gasteiger partial charge in [-0.15, -0.1) is 11.8 Å². The van der Waals surface area contributed by atoms with Gasteiger partial charge in [-0.1, -0.05) is 30.3 Å². The van der Waals surface area contributed by atoms with Crippen LogP contribution in [-0.2, 0) is 9.59 Å². The summed E-state index contributed by atoms with van der Waals surface area (Å²) in [5, 5.41) is 8.94. The minimum atomic E-state index is -1.01. The maximum atomic E-state index is 12.0. The Bertz CT molecular complexity index is 466. The average Bonchev–Trinajstić information content (AvgIpc) is 2.53. The lowest BCUT2D eigenvalue weighted by Gasteiger charge is -2.23. The summed E-state index contributed by atoms with van der Waals surface area (Å²) in [5.74, 6) is -0.790. The molecule has 19 heavy (non-hydrogen) atoms. The third-order valence-corrected chi connectivity index (χ3v) is 4.36. The van der Waals surface area contributed by atoms with Crippen LogP contribution in [0.1, 0.15) is 10.8 Å². The van der Waals surface area contributed by atoms with Gasteiger partial charge >= 0.3 is 5.97 Å². The third-order valence-electron chi connectivity index (χ3n) is 2.99. The molecule has 1 heterocycles. The molecule has 1 aliphatic rings. The number of thioether (sulfide) groups is 1. The fraction of sp³-hybridized carbons (Fsp3) is 0.385. The van der Waals surface area contributed by atoms with Crippen molar-refractivity contribution in [3.8, 4) is 0 Å². The molecule has 1 aromatic carbocycles. The Labute approximate surface area is 115 Å². The Morgan fingerprint density at radius 3 is 2.74 bits per heavy atom. The Balaban J connectivity index is 2.19. The van der Waals surface area contributed by atoms with Gasteiger partial charge in [0.2, 0.25) is 5.91 Å². The maximum absolute atomic E-state index is 12.0. The largest absolute Gasteiger partial charge is 0.480 e. The van der Waals surface area contributed by atoms with E-state index in [1.54, 1.807) is 11.8 Å². The molecule has 5 nitrogen and oxygen atoms in total. The topological polar surface area (TPSA) is 83.6 Å². The lowest BCUT2D eigenvalue weighted by atomic mass is 10.1. The highest BCUT2D eigenvalue weighted by molar-refractivity contribution is 7.99. The number of benzene rings is 1. The van der Waals surface area contributed by atoms with Crippen molar-refractivity contribution in [2.24, 2.45) is 5.73 Å². The normalized spacial score (nSPS) is 24.1. The van der Waals surface area contributed by atoms with Gasteiger partial charge in [0.05, 0.1) is 6.04 Å². The van der Waals surface area contributed by atoms with Crippen molar-refractivity contribution in [2.75, 3.05) is 18.8 Å². The Kier molecular flexibility index (Phi) is 4.44. The van der Waals surface area contributed by atoms with Gasteiger partial charge in [-0.2, -0.15) is 0 Å². The van der Waals surface area contributed by atoms with Crippen LogP contribution in [0.25, 0.3) is 0 Å². The van der Waals surface area contributed by atoms with Crippen molar-refractivity contribution in [2.45, 2.75) is 11.3 Å². The van der Waals surface area contributed by atoms with Gasteiger partial charge in [0.1, 0.15) is 6.54 Å².